The van der Waals surface area contributed by atoms with Crippen molar-refractivity contribution in [2.75, 3.05) is 21.3 Å². The summed E-state index contributed by atoms with van der Waals surface area (Å²) in [5.41, 5.74) is 0.836. The van der Waals surface area contributed by atoms with Crippen LogP contribution in [0.5, 0.6) is 17.2 Å². The third-order valence-electron chi connectivity index (χ3n) is 3.85. The minimum absolute atomic E-state index is 0.113. The highest BCUT2D eigenvalue weighted by Gasteiger charge is 2.15. The van der Waals surface area contributed by atoms with Crippen molar-refractivity contribution in [2.24, 2.45) is 0 Å². The molecule has 28 heavy (non-hydrogen) atoms. The summed E-state index contributed by atoms with van der Waals surface area (Å²) in [7, 11) is 4.23. The molecule has 150 valence electrons. The molecule has 0 aliphatic rings. The number of carbonyl (C=O) groups excluding carboxylic acids is 1. The van der Waals surface area contributed by atoms with E-state index in [1.807, 2.05) is 0 Å². The lowest BCUT2D eigenvalue weighted by Crippen LogP contribution is -2.24. The van der Waals surface area contributed by atoms with Gasteiger partial charge in [0.05, 0.1) is 14.2 Å². The number of likely N-dealkylation sites (N-methyl/N-ethyl adjacent to an activating group) is 1. The Morgan fingerprint density at radius 3 is 2.46 bits per heavy atom. The monoisotopic (exact) mass is 395 g/mol. The Kier molecular flexibility index (Phi) is 7.31. The second-order valence-corrected chi connectivity index (χ2v) is 5.75. The fraction of sp³-hybridized carbons (Fsp3) is 0.250. The molecule has 0 heterocycles. The highest BCUT2D eigenvalue weighted by atomic mass is 19.3. The molecule has 5 nitrogen and oxygen atoms in total. The van der Waals surface area contributed by atoms with Gasteiger partial charge in [0.25, 0.3) is 0 Å². The minimum Gasteiger partial charge on any atom is -0.494 e. The zero-order valence-corrected chi connectivity index (χ0v) is 15.6. The normalized spacial score (nSPS) is 11.0. The number of carbonyl (C=O) groups is 1. The van der Waals surface area contributed by atoms with Crippen molar-refractivity contribution in [2.45, 2.75) is 13.2 Å². The van der Waals surface area contributed by atoms with E-state index in [0.717, 1.165) is 0 Å². The Morgan fingerprint density at radius 1 is 1.14 bits per heavy atom. The second-order valence-electron chi connectivity index (χ2n) is 5.75. The van der Waals surface area contributed by atoms with Gasteiger partial charge in [0.15, 0.2) is 23.1 Å². The molecule has 8 heteroatoms. The van der Waals surface area contributed by atoms with Gasteiger partial charge in [-0.25, -0.2) is 4.39 Å². The van der Waals surface area contributed by atoms with Gasteiger partial charge in [-0.3, -0.25) is 4.79 Å². The number of methoxy groups -OCH3 is 2. The Balaban J connectivity index is 2.13. The Morgan fingerprint density at radius 2 is 1.86 bits per heavy atom. The number of ether oxygens (including phenoxy) is 3. The van der Waals surface area contributed by atoms with Gasteiger partial charge in [0, 0.05) is 25.2 Å². The smallest absolute Gasteiger partial charge is 0.387 e. The van der Waals surface area contributed by atoms with Crippen LogP contribution < -0.4 is 14.2 Å². The first kappa shape index (κ1) is 21.1. The summed E-state index contributed by atoms with van der Waals surface area (Å²) in [6, 6.07) is 8.98. The second kappa shape index (κ2) is 9.68. The zero-order chi connectivity index (χ0) is 20.7. The molecular weight excluding hydrogens is 375 g/mol. The highest BCUT2D eigenvalue weighted by Crippen LogP contribution is 2.33. The van der Waals surface area contributed by atoms with Crippen LogP contribution in [0.25, 0.3) is 6.08 Å². The molecule has 0 aromatic heterocycles. The molecule has 0 fully saturated rings. The van der Waals surface area contributed by atoms with E-state index in [0.29, 0.717) is 5.56 Å². The van der Waals surface area contributed by atoms with Crippen LogP contribution in [0.4, 0.5) is 13.2 Å². The number of para-hydroxylation sites is 1. The molecule has 0 aliphatic heterocycles. The van der Waals surface area contributed by atoms with E-state index < -0.39 is 18.3 Å². The third kappa shape index (κ3) is 5.42. The van der Waals surface area contributed by atoms with Crippen LogP contribution in [0.1, 0.15) is 11.1 Å². The van der Waals surface area contributed by atoms with Gasteiger partial charge in [0.1, 0.15) is 0 Å². The van der Waals surface area contributed by atoms with Gasteiger partial charge in [-0.1, -0.05) is 18.2 Å². The van der Waals surface area contributed by atoms with Gasteiger partial charge >= 0.3 is 6.61 Å². The number of hydrogen-bond donors (Lipinski definition) is 0. The molecule has 0 radical (unpaired) electrons. The van der Waals surface area contributed by atoms with E-state index in [-0.39, 0.29) is 29.4 Å². The quantitative estimate of drug-likeness (QED) is 0.631. The van der Waals surface area contributed by atoms with Crippen LogP contribution in [-0.2, 0) is 11.3 Å². The molecule has 2 rings (SSSR count). The summed E-state index contributed by atoms with van der Waals surface area (Å²) in [5, 5.41) is 0. The minimum atomic E-state index is -3.04. The number of rotatable bonds is 8. The van der Waals surface area contributed by atoms with Crippen LogP contribution in [0, 0.1) is 5.82 Å². The molecule has 0 spiro atoms. The van der Waals surface area contributed by atoms with Crippen molar-refractivity contribution in [3.8, 4) is 17.2 Å². The summed E-state index contributed by atoms with van der Waals surface area (Å²) < 4.78 is 53.4. The summed E-state index contributed by atoms with van der Waals surface area (Å²) in [4.78, 5) is 13.7. The molecule has 0 atom stereocenters. The largest absolute Gasteiger partial charge is 0.494 e. The van der Waals surface area contributed by atoms with Gasteiger partial charge in [-0.2, -0.15) is 8.78 Å². The lowest BCUT2D eigenvalue weighted by molar-refractivity contribution is -0.125. The molecule has 0 saturated carbocycles. The Hall–Kier alpha value is -3.16. The molecule has 0 aliphatic carbocycles. The molecule has 0 saturated heterocycles. The van der Waals surface area contributed by atoms with E-state index in [1.165, 1.54) is 62.6 Å². The number of nitrogens with zero attached hydrogens (tertiary/aromatic N) is 1. The summed E-state index contributed by atoms with van der Waals surface area (Å²) in [6.45, 7) is -2.88. The van der Waals surface area contributed by atoms with Crippen molar-refractivity contribution in [3.05, 3.63) is 59.4 Å². The van der Waals surface area contributed by atoms with Crippen LogP contribution in [-0.4, -0.2) is 38.7 Å². The van der Waals surface area contributed by atoms with Crippen molar-refractivity contribution < 1.29 is 32.2 Å². The van der Waals surface area contributed by atoms with Gasteiger partial charge in [-0.05, 0) is 29.8 Å². The molecular formula is C20H20F3NO4. The van der Waals surface area contributed by atoms with E-state index in [4.69, 9.17) is 9.47 Å². The lowest BCUT2D eigenvalue weighted by Gasteiger charge is -2.16. The molecule has 2 aromatic rings. The molecule has 0 unspecified atom stereocenters. The average molecular weight is 395 g/mol. The van der Waals surface area contributed by atoms with Gasteiger partial charge in [-0.15, -0.1) is 0 Å². The van der Waals surface area contributed by atoms with Crippen molar-refractivity contribution in [1.29, 1.82) is 0 Å². The fourth-order valence-electron chi connectivity index (χ4n) is 2.49. The van der Waals surface area contributed by atoms with Crippen molar-refractivity contribution in [3.63, 3.8) is 0 Å². The van der Waals surface area contributed by atoms with Crippen LogP contribution in [0.15, 0.2) is 42.5 Å². The predicted molar refractivity (Wildman–Crippen MR) is 98.1 cm³/mol. The summed E-state index contributed by atoms with van der Waals surface area (Å²) in [6.07, 6.45) is 2.57. The van der Waals surface area contributed by atoms with Crippen LogP contribution in [0.3, 0.4) is 0 Å². The highest BCUT2D eigenvalue weighted by molar-refractivity contribution is 5.92. The number of hydrogen-bond acceptors (Lipinski definition) is 4. The fourth-order valence-corrected chi connectivity index (χ4v) is 2.49. The maximum Gasteiger partial charge on any atom is 0.387 e. The molecule has 1 amide bonds. The van der Waals surface area contributed by atoms with E-state index in [9.17, 15) is 18.0 Å². The molecule has 0 N–H and O–H groups in total. The Labute approximate surface area is 160 Å². The molecule has 0 bridgehead atoms. The van der Waals surface area contributed by atoms with Crippen LogP contribution >= 0.6 is 0 Å². The van der Waals surface area contributed by atoms with Crippen molar-refractivity contribution in [1.82, 2.24) is 4.90 Å². The topological polar surface area (TPSA) is 48.0 Å². The van der Waals surface area contributed by atoms with Crippen LogP contribution in [0.2, 0.25) is 0 Å². The number of halogens is 3. The third-order valence-corrected chi connectivity index (χ3v) is 3.85. The standard InChI is InChI=1S/C20H20F3NO4/c1-24(12-13-7-9-16(26-2)15(21)11-13)18(25)10-8-14-5-4-6-17(27-3)19(14)28-20(22)23/h4-11,20H,12H2,1-3H3/b10-8+. The Bertz CT molecular complexity index is 855. The lowest BCUT2D eigenvalue weighted by atomic mass is 10.1. The summed E-state index contributed by atoms with van der Waals surface area (Å²) in [5.74, 6) is -0.855. The number of alkyl halides is 2. The maximum atomic E-state index is 13.8. The first-order valence-electron chi connectivity index (χ1n) is 8.23. The van der Waals surface area contributed by atoms with Crippen molar-refractivity contribution >= 4 is 12.0 Å². The van der Waals surface area contributed by atoms with E-state index >= 15 is 0 Å². The SMILES string of the molecule is COc1ccc(CN(C)C(=O)/C=C/c2cccc(OC)c2OC(F)F)cc1F. The predicted octanol–water partition coefficient (Wildman–Crippen LogP) is 4.12. The van der Waals surface area contributed by atoms with E-state index in [1.54, 1.807) is 12.1 Å². The maximum absolute atomic E-state index is 13.8. The van der Waals surface area contributed by atoms with Gasteiger partial charge in [0.2, 0.25) is 5.91 Å². The first-order valence-corrected chi connectivity index (χ1v) is 8.23. The first-order chi connectivity index (χ1) is 13.3. The van der Waals surface area contributed by atoms with E-state index in [2.05, 4.69) is 4.74 Å². The zero-order valence-electron chi connectivity index (χ0n) is 15.6. The summed E-state index contributed by atoms with van der Waals surface area (Å²) >= 11 is 0. The number of benzene rings is 2. The van der Waals surface area contributed by atoms with Gasteiger partial charge < -0.3 is 19.1 Å². The number of amides is 1. The average Bonchev–Trinajstić information content (AvgIpc) is 2.66. The molecule has 2 aromatic carbocycles.